The monoisotopic (exact) mass is 260 g/mol. The lowest BCUT2D eigenvalue weighted by molar-refractivity contribution is 0.514. The molecule has 1 rings (SSSR count). The Kier molecular flexibility index (Phi) is 5.07. The van der Waals surface area contributed by atoms with E-state index < -0.39 is 9.84 Å². The Bertz CT molecular complexity index is 439. The molecule has 0 spiro atoms. The third-order valence-corrected chi connectivity index (χ3v) is 3.28. The summed E-state index contributed by atoms with van der Waals surface area (Å²) in [6.45, 7) is 5.35. The maximum Gasteiger partial charge on any atom is 0.147 e. The number of hydrogen-bond donors (Lipinski definition) is 1. The second-order valence-corrected chi connectivity index (χ2v) is 6.68. The molecule has 0 saturated heterocycles. The van der Waals surface area contributed by atoms with Gasteiger partial charge in [0.1, 0.15) is 22.0 Å². The summed E-state index contributed by atoms with van der Waals surface area (Å²) in [6.07, 6.45) is 3.31. The molecule has 1 heterocycles. The van der Waals surface area contributed by atoms with E-state index in [1.807, 2.05) is 0 Å². The van der Waals surface area contributed by atoms with E-state index in [0.29, 0.717) is 25.6 Å². The first kappa shape index (κ1) is 14.1. The number of aryl methyl sites for hydroxylation is 1. The molecule has 0 amide bonds. The minimum absolute atomic E-state index is 0.184. The lowest BCUT2D eigenvalue weighted by atomic mass is 10.4. The molecule has 0 radical (unpaired) electrons. The van der Waals surface area contributed by atoms with Gasteiger partial charge in [0, 0.05) is 18.8 Å². The molecule has 0 atom stereocenters. The summed E-state index contributed by atoms with van der Waals surface area (Å²) in [4.78, 5) is 4.14. The van der Waals surface area contributed by atoms with Crippen LogP contribution in [-0.2, 0) is 22.9 Å². The molecule has 98 valence electrons. The highest BCUT2D eigenvalue weighted by molar-refractivity contribution is 7.90. The van der Waals surface area contributed by atoms with E-state index in [9.17, 15) is 8.42 Å². The van der Waals surface area contributed by atoms with Crippen LogP contribution in [0.3, 0.4) is 0 Å². The van der Waals surface area contributed by atoms with E-state index in [4.69, 9.17) is 0 Å². The molecule has 0 aliphatic rings. The minimum atomic E-state index is -2.89. The molecule has 17 heavy (non-hydrogen) atoms. The summed E-state index contributed by atoms with van der Waals surface area (Å²) in [5.74, 6) is 1.02. The summed E-state index contributed by atoms with van der Waals surface area (Å²) in [5, 5.41) is 7.34. The molecule has 0 aliphatic carbocycles. The van der Waals surface area contributed by atoms with E-state index in [1.54, 1.807) is 4.68 Å². The predicted octanol–water partition coefficient (Wildman–Crippen LogP) is 0.211. The van der Waals surface area contributed by atoms with Gasteiger partial charge in [-0.05, 0) is 6.42 Å². The Balaban J connectivity index is 2.46. The highest BCUT2D eigenvalue weighted by Crippen LogP contribution is 1.98. The Morgan fingerprint density at radius 3 is 2.76 bits per heavy atom. The van der Waals surface area contributed by atoms with E-state index in [-0.39, 0.29) is 5.75 Å². The van der Waals surface area contributed by atoms with E-state index in [1.165, 1.54) is 12.6 Å². The van der Waals surface area contributed by atoms with Crippen molar-refractivity contribution in [3.8, 4) is 0 Å². The first-order valence-corrected chi connectivity index (χ1v) is 7.72. The van der Waals surface area contributed by atoms with Gasteiger partial charge in [0.15, 0.2) is 0 Å². The van der Waals surface area contributed by atoms with Crippen molar-refractivity contribution in [2.75, 3.05) is 12.0 Å². The van der Waals surface area contributed by atoms with Crippen molar-refractivity contribution in [1.29, 1.82) is 0 Å². The average molecular weight is 260 g/mol. The van der Waals surface area contributed by atoms with Crippen molar-refractivity contribution >= 4 is 9.84 Å². The molecule has 0 bridgehead atoms. The number of aromatic nitrogens is 3. The zero-order valence-corrected chi connectivity index (χ0v) is 11.4. The second-order valence-electron chi connectivity index (χ2n) is 4.42. The van der Waals surface area contributed by atoms with Gasteiger partial charge in [-0.1, -0.05) is 13.8 Å². The Morgan fingerprint density at radius 1 is 1.47 bits per heavy atom. The van der Waals surface area contributed by atoms with Gasteiger partial charge < -0.3 is 5.32 Å². The van der Waals surface area contributed by atoms with Crippen molar-refractivity contribution in [2.24, 2.45) is 0 Å². The number of sulfone groups is 1. The lowest BCUT2D eigenvalue weighted by Gasteiger charge is -2.09. The molecular formula is C10H20N4O2S. The molecule has 1 N–H and O–H groups in total. The molecule has 0 unspecified atom stereocenters. The van der Waals surface area contributed by atoms with Crippen LogP contribution in [0.25, 0.3) is 0 Å². The largest absolute Gasteiger partial charge is 0.308 e. The number of nitrogens with one attached hydrogen (secondary N) is 1. The Labute approximate surface area is 102 Å². The Morgan fingerprint density at radius 2 is 2.18 bits per heavy atom. The van der Waals surface area contributed by atoms with Crippen LogP contribution in [0.4, 0.5) is 0 Å². The van der Waals surface area contributed by atoms with Crippen molar-refractivity contribution in [1.82, 2.24) is 20.1 Å². The van der Waals surface area contributed by atoms with Crippen LogP contribution in [0, 0.1) is 0 Å². The maximum atomic E-state index is 11.0. The van der Waals surface area contributed by atoms with Gasteiger partial charge in [0.2, 0.25) is 0 Å². The van der Waals surface area contributed by atoms with Crippen LogP contribution in [0.2, 0.25) is 0 Å². The van der Waals surface area contributed by atoms with Crippen LogP contribution in [-0.4, -0.2) is 41.2 Å². The summed E-state index contributed by atoms with van der Waals surface area (Å²) in [5.41, 5.74) is 0. The number of nitrogens with zero attached hydrogens (tertiary/aromatic N) is 3. The summed E-state index contributed by atoms with van der Waals surface area (Å²) >= 11 is 0. The normalized spacial score (nSPS) is 12.2. The second kappa shape index (κ2) is 6.11. The minimum Gasteiger partial charge on any atom is -0.308 e. The third kappa shape index (κ3) is 5.78. The predicted molar refractivity (Wildman–Crippen MR) is 66.3 cm³/mol. The van der Waals surface area contributed by atoms with E-state index in [0.717, 1.165) is 5.82 Å². The highest BCUT2D eigenvalue weighted by Gasteiger charge is 2.07. The molecule has 0 aliphatic heterocycles. The van der Waals surface area contributed by atoms with Crippen molar-refractivity contribution in [3.63, 3.8) is 0 Å². The van der Waals surface area contributed by atoms with E-state index in [2.05, 4.69) is 29.2 Å². The maximum absolute atomic E-state index is 11.0. The van der Waals surface area contributed by atoms with Gasteiger partial charge in [-0.15, -0.1) is 0 Å². The third-order valence-electron chi connectivity index (χ3n) is 2.25. The first-order chi connectivity index (χ1) is 7.88. The molecule has 1 aromatic heterocycles. The van der Waals surface area contributed by atoms with Crippen molar-refractivity contribution < 1.29 is 8.42 Å². The fourth-order valence-electron chi connectivity index (χ4n) is 1.38. The molecular weight excluding hydrogens is 240 g/mol. The number of hydrogen-bond acceptors (Lipinski definition) is 5. The SMILES string of the molecule is CC(C)NCc1ncnn1CCCS(C)(=O)=O. The van der Waals surface area contributed by atoms with Gasteiger partial charge in [-0.2, -0.15) is 5.10 Å². The molecule has 0 saturated carbocycles. The molecule has 7 heteroatoms. The smallest absolute Gasteiger partial charge is 0.147 e. The average Bonchev–Trinajstić information content (AvgIpc) is 2.60. The van der Waals surface area contributed by atoms with Crippen LogP contribution in [0.15, 0.2) is 6.33 Å². The summed E-state index contributed by atoms with van der Waals surface area (Å²) in [6, 6.07) is 0.385. The molecule has 6 nitrogen and oxygen atoms in total. The summed E-state index contributed by atoms with van der Waals surface area (Å²) < 4.78 is 23.8. The van der Waals surface area contributed by atoms with Crippen LogP contribution < -0.4 is 5.32 Å². The van der Waals surface area contributed by atoms with Gasteiger partial charge in [-0.25, -0.2) is 18.1 Å². The van der Waals surface area contributed by atoms with Gasteiger partial charge >= 0.3 is 0 Å². The van der Waals surface area contributed by atoms with Crippen molar-refractivity contribution in [3.05, 3.63) is 12.2 Å². The zero-order valence-electron chi connectivity index (χ0n) is 10.5. The fraction of sp³-hybridized carbons (Fsp3) is 0.800. The van der Waals surface area contributed by atoms with Gasteiger partial charge in [-0.3, -0.25) is 0 Å². The van der Waals surface area contributed by atoms with Crippen LogP contribution in [0.5, 0.6) is 0 Å². The Hall–Kier alpha value is -0.950. The lowest BCUT2D eigenvalue weighted by Crippen LogP contribution is -2.24. The standard InChI is InChI=1S/C10H20N4O2S/c1-9(2)11-7-10-12-8-13-14(10)5-4-6-17(3,15)16/h8-9,11H,4-7H2,1-3H3. The van der Waals surface area contributed by atoms with Crippen LogP contribution >= 0.6 is 0 Å². The first-order valence-electron chi connectivity index (χ1n) is 5.66. The zero-order chi connectivity index (χ0) is 12.9. The molecule has 1 aromatic rings. The van der Waals surface area contributed by atoms with Crippen LogP contribution in [0.1, 0.15) is 26.1 Å². The van der Waals surface area contributed by atoms with Crippen molar-refractivity contribution in [2.45, 2.75) is 39.4 Å². The quantitative estimate of drug-likeness (QED) is 0.758. The summed E-state index contributed by atoms with van der Waals surface area (Å²) in [7, 11) is -2.89. The molecule has 0 aromatic carbocycles. The topological polar surface area (TPSA) is 76.9 Å². The number of rotatable bonds is 7. The van der Waals surface area contributed by atoms with Gasteiger partial charge in [0.05, 0.1) is 12.3 Å². The fourth-order valence-corrected chi connectivity index (χ4v) is 2.04. The van der Waals surface area contributed by atoms with E-state index >= 15 is 0 Å². The highest BCUT2D eigenvalue weighted by atomic mass is 32.2. The molecule has 0 fully saturated rings. The van der Waals surface area contributed by atoms with Gasteiger partial charge in [0.25, 0.3) is 0 Å².